The topological polar surface area (TPSA) is 103 Å². The highest BCUT2D eigenvalue weighted by Gasteiger charge is 2.39. The van der Waals surface area contributed by atoms with Crippen LogP contribution in [-0.2, 0) is 23.8 Å². The lowest BCUT2D eigenvalue weighted by atomic mass is 10.2. The van der Waals surface area contributed by atoms with Gasteiger partial charge in [-0.3, -0.25) is 14.2 Å². The Balaban J connectivity index is 1.70. The molecule has 2 N–H and O–H groups in total. The first-order valence-electron chi connectivity index (χ1n) is 9.25. The van der Waals surface area contributed by atoms with Crippen molar-refractivity contribution < 1.29 is 22.7 Å². The summed E-state index contributed by atoms with van der Waals surface area (Å²) in [6.45, 7) is -1.76. The molecule has 3 aromatic rings. The molecule has 3 rings (SSSR count). The van der Waals surface area contributed by atoms with Gasteiger partial charge >= 0.3 is 5.92 Å². The molecule has 2 heterocycles. The van der Waals surface area contributed by atoms with E-state index in [4.69, 9.17) is 11.6 Å². The van der Waals surface area contributed by atoms with Crippen LogP contribution >= 0.6 is 11.6 Å². The summed E-state index contributed by atoms with van der Waals surface area (Å²) in [5.74, 6) is -5.25. The van der Waals surface area contributed by atoms with Gasteiger partial charge in [0, 0.05) is 24.2 Å². The molecule has 0 saturated heterocycles. The second kappa shape index (κ2) is 9.69. The van der Waals surface area contributed by atoms with Crippen LogP contribution in [0, 0.1) is 11.0 Å². The molecule has 0 bridgehead atoms. The molecule has 0 radical (unpaired) electrons. The highest BCUT2D eigenvalue weighted by molar-refractivity contribution is 6.29. The van der Waals surface area contributed by atoms with Gasteiger partial charge in [-0.15, -0.1) is 0 Å². The highest BCUT2D eigenvalue weighted by atomic mass is 35.5. The molecule has 0 atom stereocenters. The second-order valence-corrected chi connectivity index (χ2v) is 7.05. The van der Waals surface area contributed by atoms with Crippen molar-refractivity contribution in [3.8, 4) is 0 Å². The number of halogens is 4. The number of nitrogens with zero attached hydrogens (tertiary/aromatic N) is 3. The normalized spacial score (nSPS) is 11.2. The number of nitrogens with one attached hydrogen (secondary N) is 2. The van der Waals surface area contributed by atoms with Gasteiger partial charge in [0.15, 0.2) is 12.0 Å². The number of amides is 1. The maximum atomic E-state index is 14.4. The van der Waals surface area contributed by atoms with Crippen LogP contribution < -0.4 is 20.9 Å². The Morgan fingerprint density at radius 1 is 1.22 bits per heavy atom. The fourth-order valence-electron chi connectivity index (χ4n) is 2.77. The molecule has 12 heteroatoms. The van der Waals surface area contributed by atoms with Gasteiger partial charge in [-0.05, 0) is 12.1 Å². The number of alkyl halides is 2. The largest absolute Gasteiger partial charge is 0.618 e. The summed E-state index contributed by atoms with van der Waals surface area (Å²) >= 11 is 5.93. The molecule has 0 aliphatic heterocycles. The zero-order valence-electron chi connectivity index (χ0n) is 16.4. The van der Waals surface area contributed by atoms with Gasteiger partial charge in [-0.25, -0.2) is 9.37 Å². The van der Waals surface area contributed by atoms with Crippen molar-refractivity contribution in [1.29, 1.82) is 0 Å². The molecule has 0 saturated carbocycles. The second-order valence-electron chi connectivity index (χ2n) is 6.66. The smallest absolute Gasteiger partial charge is 0.347 e. The number of hydrogen-bond donors (Lipinski definition) is 2. The first-order chi connectivity index (χ1) is 15.2. The van der Waals surface area contributed by atoms with Crippen LogP contribution in [0.5, 0.6) is 0 Å². The zero-order valence-corrected chi connectivity index (χ0v) is 17.2. The van der Waals surface area contributed by atoms with Gasteiger partial charge in [0.25, 0.3) is 11.3 Å². The molecule has 1 amide bonds. The minimum Gasteiger partial charge on any atom is -0.618 e. The number of hydrogen-bond acceptors (Lipinski definition) is 5. The van der Waals surface area contributed by atoms with Gasteiger partial charge in [-0.1, -0.05) is 29.8 Å². The maximum absolute atomic E-state index is 14.4. The fraction of sp³-hybridized carbons (Fsp3) is 0.200. The number of anilines is 1. The number of benzene rings is 1. The van der Waals surface area contributed by atoms with Gasteiger partial charge < -0.3 is 15.8 Å². The minimum atomic E-state index is -3.61. The monoisotopic (exact) mass is 467 g/mol. The number of aromatic nitrogens is 3. The maximum Gasteiger partial charge on any atom is 0.347 e. The van der Waals surface area contributed by atoms with E-state index < -0.39 is 47.8 Å². The summed E-state index contributed by atoms with van der Waals surface area (Å²) < 4.78 is 43.2. The summed E-state index contributed by atoms with van der Waals surface area (Å²) in [5.41, 5.74) is -1.48. The highest BCUT2D eigenvalue weighted by Crippen LogP contribution is 2.25. The molecular formula is C20H17ClF3N5O3. The standard InChI is InChI=1S/C20H17ClF3N5O3/c21-16-10-26-18(27-12-20(23,24)15-7-3-4-8-29(15)32)19(31)28(16)11-17(30)25-9-13-5-1-2-6-14(13)22/h1-8,10H,9,11-12H2,(H,25,30)(H,26,27). The van der Waals surface area contributed by atoms with E-state index in [0.717, 1.165) is 23.0 Å². The van der Waals surface area contributed by atoms with Gasteiger partial charge in [0.2, 0.25) is 5.91 Å². The Morgan fingerprint density at radius 2 is 1.94 bits per heavy atom. The Labute approximate surface area is 184 Å². The molecule has 8 nitrogen and oxygen atoms in total. The quantitative estimate of drug-likeness (QED) is 0.390. The molecule has 0 spiro atoms. The summed E-state index contributed by atoms with van der Waals surface area (Å²) in [5, 5.41) is 16.0. The lowest BCUT2D eigenvalue weighted by Gasteiger charge is -2.17. The van der Waals surface area contributed by atoms with Crippen LogP contribution in [0.4, 0.5) is 19.0 Å². The lowest BCUT2D eigenvalue weighted by molar-refractivity contribution is -0.624. The Kier molecular flexibility index (Phi) is 6.98. The molecule has 0 aliphatic carbocycles. The van der Waals surface area contributed by atoms with Crippen LogP contribution in [0.25, 0.3) is 0 Å². The Morgan fingerprint density at radius 3 is 2.66 bits per heavy atom. The Bertz CT molecular complexity index is 1190. The minimum absolute atomic E-state index is 0.0230. The summed E-state index contributed by atoms with van der Waals surface area (Å²) in [4.78, 5) is 28.5. The van der Waals surface area contributed by atoms with E-state index in [1.54, 1.807) is 6.07 Å². The van der Waals surface area contributed by atoms with Crippen LogP contribution in [0.15, 0.2) is 59.7 Å². The third-order valence-electron chi connectivity index (χ3n) is 4.42. The van der Waals surface area contributed by atoms with E-state index >= 15 is 0 Å². The van der Waals surface area contributed by atoms with E-state index in [0.29, 0.717) is 0 Å². The number of carbonyl (C=O) groups is 1. The van der Waals surface area contributed by atoms with Crippen molar-refractivity contribution in [2.75, 3.05) is 11.9 Å². The molecule has 0 aliphatic rings. The van der Waals surface area contributed by atoms with E-state index in [2.05, 4.69) is 15.6 Å². The van der Waals surface area contributed by atoms with Crippen molar-refractivity contribution in [2.24, 2.45) is 0 Å². The zero-order chi connectivity index (χ0) is 23.3. The predicted molar refractivity (Wildman–Crippen MR) is 110 cm³/mol. The fourth-order valence-corrected chi connectivity index (χ4v) is 2.95. The van der Waals surface area contributed by atoms with Crippen LogP contribution in [0.3, 0.4) is 0 Å². The van der Waals surface area contributed by atoms with E-state index in [9.17, 15) is 28.0 Å². The third kappa shape index (κ3) is 5.35. The SMILES string of the molecule is O=C(Cn1c(Cl)cnc(NCC(F)(F)c2cccc[n+]2[O-])c1=O)NCc1ccccc1F. The molecule has 1 aromatic carbocycles. The summed E-state index contributed by atoms with van der Waals surface area (Å²) in [6.07, 6.45) is 1.95. The molecule has 2 aromatic heterocycles. The van der Waals surface area contributed by atoms with Crippen LogP contribution in [0.2, 0.25) is 5.15 Å². The predicted octanol–water partition coefficient (Wildman–Crippen LogP) is 2.19. The first-order valence-corrected chi connectivity index (χ1v) is 9.62. The molecule has 168 valence electrons. The molecule has 0 fully saturated rings. The van der Waals surface area contributed by atoms with E-state index in [1.807, 2.05) is 0 Å². The number of carbonyl (C=O) groups excluding carboxylic acids is 1. The van der Waals surface area contributed by atoms with Gasteiger partial charge in [-0.2, -0.15) is 13.5 Å². The first kappa shape index (κ1) is 23.1. The molecule has 32 heavy (non-hydrogen) atoms. The average molecular weight is 468 g/mol. The van der Waals surface area contributed by atoms with Crippen LogP contribution in [-0.4, -0.2) is 22.0 Å². The van der Waals surface area contributed by atoms with E-state index in [1.165, 1.54) is 30.3 Å². The van der Waals surface area contributed by atoms with Crippen LogP contribution in [0.1, 0.15) is 11.3 Å². The van der Waals surface area contributed by atoms with E-state index in [-0.39, 0.29) is 22.0 Å². The van der Waals surface area contributed by atoms with Gasteiger partial charge in [0.05, 0.1) is 12.7 Å². The lowest BCUT2D eigenvalue weighted by Crippen LogP contribution is -2.41. The van der Waals surface area contributed by atoms with Crippen molar-refractivity contribution in [3.63, 3.8) is 0 Å². The van der Waals surface area contributed by atoms with Crippen molar-refractivity contribution >= 4 is 23.3 Å². The number of pyridine rings is 1. The molecular weight excluding hydrogens is 451 g/mol. The van der Waals surface area contributed by atoms with Gasteiger partial charge in [0.1, 0.15) is 17.5 Å². The molecule has 0 unspecified atom stereocenters. The van der Waals surface area contributed by atoms with Crippen molar-refractivity contribution in [3.05, 3.63) is 92.6 Å². The summed E-state index contributed by atoms with van der Waals surface area (Å²) in [6, 6.07) is 9.38. The number of rotatable bonds is 8. The Hall–Kier alpha value is -3.60. The van der Waals surface area contributed by atoms with Crippen molar-refractivity contribution in [1.82, 2.24) is 14.9 Å². The third-order valence-corrected chi connectivity index (χ3v) is 4.72. The van der Waals surface area contributed by atoms with Crippen molar-refractivity contribution in [2.45, 2.75) is 19.0 Å². The summed E-state index contributed by atoms with van der Waals surface area (Å²) in [7, 11) is 0. The average Bonchev–Trinajstić information content (AvgIpc) is 2.75.